The number of hydrogen-bond acceptors (Lipinski definition) is 3. The molecule has 1 aromatic carbocycles. The van der Waals surface area contributed by atoms with Gasteiger partial charge in [-0.05, 0) is 37.6 Å². The van der Waals surface area contributed by atoms with Gasteiger partial charge < -0.3 is 16.2 Å². The van der Waals surface area contributed by atoms with Gasteiger partial charge in [0.2, 0.25) is 5.91 Å². The maximum Gasteiger partial charge on any atom is 0.416 e. The molecule has 7 heteroatoms. The molecule has 0 saturated carbocycles. The van der Waals surface area contributed by atoms with Gasteiger partial charge in [-0.3, -0.25) is 4.79 Å². The number of rotatable bonds is 5. The molecule has 1 rings (SSSR count). The predicted molar refractivity (Wildman–Crippen MR) is 69.2 cm³/mol. The summed E-state index contributed by atoms with van der Waals surface area (Å²) in [6.07, 6.45) is -3.36. The third-order valence-corrected chi connectivity index (χ3v) is 2.87. The zero-order valence-electron chi connectivity index (χ0n) is 11.0. The molecule has 0 radical (unpaired) electrons. The fraction of sp³-hybridized carbons (Fsp3) is 0.462. The molecule has 20 heavy (non-hydrogen) atoms. The van der Waals surface area contributed by atoms with E-state index >= 15 is 0 Å². The minimum atomic E-state index is -4.53. The molecule has 1 unspecified atom stereocenters. The normalized spacial score (nSPS) is 13.1. The topological polar surface area (TPSA) is 75.4 Å². The first kappa shape index (κ1) is 16.3. The molecule has 0 heterocycles. The predicted octanol–water partition coefficient (Wildman–Crippen LogP) is 2.72. The number of amides is 1. The van der Waals surface area contributed by atoms with E-state index in [0.29, 0.717) is 25.5 Å². The quantitative estimate of drug-likeness (QED) is 0.730. The standard InChI is InChI=1S/C13H17F3N2O2/c1-8(3-2-6-17)12(20)18-10-7-9(13(14,15)16)4-5-11(10)19/h4-5,7-8,19H,2-3,6,17H2,1H3,(H,18,20). The maximum absolute atomic E-state index is 12.6. The van der Waals surface area contributed by atoms with E-state index in [2.05, 4.69) is 5.32 Å². The van der Waals surface area contributed by atoms with Crippen molar-refractivity contribution in [2.75, 3.05) is 11.9 Å². The van der Waals surface area contributed by atoms with Crippen LogP contribution in [0.5, 0.6) is 5.75 Å². The van der Waals surface area contributed by atoms with Crippen molar-refractivity contribution in [2.24, 2.45) is 11.7 Å². The van der Waals surface area contributed by atoms with Gasteiger partial charge in [0.15, 0.2) is 0 Å². The van der Waals surface area contributed by atoms with Gasteiger partial charge in [-0.25, -0.2) is 0 Å². The molecule has 1 amide bonds. The Bertz CT molecular complexity index is 475. The van der Waals surface area contributed by atoms with Crippen LogP contribution in [0, 0.1) is 5.92 Å². The van der Waals surface area contributed by atoms with Crippen molar-refractivity contribution < 1.29 is 23.1 Å². The van der Waals surface area contributed by atoms with Gasteiger partial charge in [0, 0.05) is 5.92 Å². The average Bonchev–Trinajstić information content (AvgIpc) is 2.37. The molecule has 0 spiro atoms. The Morgan fingerprint density at radius 3 is 2.65 bits per heavy atom. The van der Waals surface area contributed by atoms with Gasteiger partial charge in [-0.15, -0.1) is 0 Å². The molecule has 0 aliphatic rings. The number of carbonyl (C=O) groups is 1. The second kappa shape index (κ2) is 6.60. The average molecular weight is 290 g/mol. The highest BCUT2D eigenvalue weighted by Gasteiger charge is 2.31. The van der Waals surface area contributed by atoms with E-state index in [1.807, 2.05) is 0 Å². The van der Waals surface area contributed by atoms with Crippen LogP contribution in [0.15, 0.2) is 18.2 Å². The number of hydrogen-bond donors (Lipinski definition) is 3. The number of nitrogens with two attached hydrogens (primary N) is 1. The zero-order valence-corrected chi connectivity index (χ0v) is 11.0. The van der Waals surface area contributed by atoms with Crippen molar-refractivity contribution in [2.45, 2.75) is 25.9 Å². The molecule has 4 nitrogen and oxygen atoms in total. The number of carbonyl (C=O) groups excluding carboxylic acids is 1. The van der Waals surface area contributed by atoms with Gasteiger partial charge in [0.05, 0.1) is 11.3 Å². The third kappa shape index (κ3) is 4.41. The Balaban J connectivity index is 2.84. The number of phenols is 1. The molecule has 4 N–H and O–H groups in total. The lowest BCUT2D eigenvalue weighted by molar-refractivity contribution is -0.137. The first-order valence-electron chi connectivity index (χ1n) is 6.17. The number of aromatic hydroxyl groups is 1. The van der Waals surface area contributed by atoms with Gasteiger partial charge in [0.25, 0.3) is 0 Å². The second-order valence-corrected chi connectivity index (χ2v) is 4.55. The zero-order chi connectivity index (χ0) is 15.3. The van der Waals surface area contributed by atoms with Crippen LogP contribution >= 0.6 is 0 Å². The summed E-state index contributed by atoms with van der Waals surface area (Å²) in [5.41, 5.74) is 4.15. The Labute approximate surface area is 114 Å². The van der Waals surface area contributed by atoms with Crippen molar-refractivity contribution in [1.29, 1.82) is 0 Å². The van der Waals surface area contributed by atoms with Crippen molar-refractivity contribution >= 4 is 11.6 Å². The van der Waals surface area contributed by atoms with Crippen LogP contribution in [0.1, 0.15) is 25.3 Å². The highest BCUT2D eigenvalue weighted by molar-refractivity contribution is 5.93. The first-order chi connectivity index (χ1) is 9.25. The Hall–Kier alpha value is -1.76. The molecule has 0 aliphatic heterocycles. The fourth-order valence-corrected chi connectivity index (χ4v) is 1.62. The summed E-state index contributed by atoms with van der Waals surface area (Å²) >= 11 is 0. The molecule has 0 aliphatic carbocycles. The van der Waals surface area contributed by atoms with Crippen LogP contribution in [-0.4, -0.2) is 17.6 Å². The van der Waals surface area contributed by atoms with E-state index in [4.69, 9.17) is 5.73 Å². The number of nitrogens with one attached hydrogen (secondary N) is 1. The van der Waals surface area contributed by atoms with E-state index in [1.165, 1.54) is 0 Å². The van der Waals surface area contributed by atoms with Crippen LogP contribution in [0.3, 0.4) is 0 Å². The van der Waals surface area contributed by atoms with Gasteiger partial charge >= 0.3 is 6.18 Å². The Morgan fingerprint density at radius 2 is 2.10 bits per heavy atom. The molecule has 0 bridgehead atoms. The molecular weight excluding hydrogens is 273 g/mol. The number of halogens is 3. The minimum Gasteiger partial charge on any atom is -0.506 e. The Morgan fingerprint density at radius 1 is 1.45 bits per heavy atom. The second-order valence-electron chi connectivity index (χ2n) is 4.55. The van der Waals surface area contributed by atoms with E-state index in [-0.39, 0.29) is 5.69 Å². The highest BCUT2D eigenvalue weighted by atomic mass is 19.4. The molecule has 112 valence electrons. The summed E-state index contributed by atoms with van der Waals surface area (Å²) in [4.78, 5) is 11.8. The summed E-state index contributed by atoms with van der Waals surface area (Å²) in [6.45, 7) is 2.09. The fourth-order valence-electron chi connectivity index (χ4n) is 1.62. The minimum absolute atomic E-state index is 0.246. The lowest BCUT2D eigenvalue weighted by Crippen LogP contribution is -2.21. The largest absolute Gasteiger partial charge is 0.506 e. The molecule has 1 atom stereocenters. The summed E-state index contributed by atoms with van der Waals surface area (Å²) in [6, 6.07) is 2.37. The number of anilines is 1. The Kier molecular flexibility index (Phi) is 5.38. The monoisotopic (exact) mass is 290 g/mol. The van der Waals surface area contributed by atoms with Gasteiger partial charge in [0.1, 0.15) is 5.75 Å². The lowest BCUT2D eigenvalue weighted by Gasteiger charge is -2.14. The third-order valence-electron chi connectivity index (χ3n) is 2.87. The number of alkyl halides is 3. The molecule has 0 saturated heterocycles. The van der Waals surface area contributed by atoms with Crippen LogP contribution < -0.4 is 11.1 Å². The van der Waals surface area contributed by atoms with Crippen LogP contribution in [0.25, 0.3) is 0 Å². The molecular formula is C13H17F3N2O2. The van der Waals surface area contributed by atoms with E-state index in [9.17, 15) is 23.1 Å². The summed E-state index contributed by atoms with van der Waals surface area (Å²) in [7, 11) is 0. The maximum atomic E-state index is 12.6. The van der Waals surface area contributed by atoms with Crippen LogP contribution in [0.2, 0.25) is 0 Å². The van der Waals surface area contributed by atoms with Crippen LogP contribution in [0.4, 0.5) is 18.9 Å². The lowest BCUT2D eigenvalue weighted by atomic mass is 10.0. The summed E-state index contributed by atoms with van der Waals surface area (Å²) in [5.74, 6) is -1.25. The van der Waals surface area contributed by atoms with Crippen molar-refractivity contribution in [3.63, 3.8) is 0 Å². The summed E-state index contributed by atoms with van der Waals surface area (Å²) in [5, 5.41) is 11.8. The first-order valence-corrected chi connectivity index (χ1v) is 6.17. The summed E-state index contributed by atoms with van der Waals surface area (Å²) < 4.78 is 37.7. The highest BCUT2D eigenvalue weighted by Crippen LogP contribution is 2.34. The van der Waals surface area contributed by atoms with Crippen molar-refractivity contribution in [1.82, 2.24) is 0 Å². The van der Waals surface area contributed by atoms with Crippen molar-refractivity contribution in [3.8, 4) is 5.75 Å². The molecule has 1 aromatic rings. The molecule has 0 aromatic heterocycles. The van der Waals surface area contributed by atoms with E-state index in [1.54, 1.807) is 6.92 Å². The SMILES string of the molecule is CC(CCCN)C(=O)Nc1cc(C(F)(F)F)ccc1O. The number of benzene rings is 1. The van der Waals surface area contributed by atoms with Crippen LogP contribution in [-0.2, 0) is 11.0 Å². The van der Waals surface area contributed by atoms with Gasteiger partial charge in [-0.1, -0.05) is 6.92 Å². The number of phenolic OH excluding ortho intramolecular Hbond substituents is 1. The van der Waals surface area contributed by atoms with E-state index < -0.39 is 29.3 Å². The van der Waals surface area contributed by atoms with Gasteiger partial charge in [-0.2, -0.15) is 13.2 Å². The van der Waals surface area contributed by atoms with E-state index in [0.717, 1.165) is 12.1 Å². The van der Waals surface area contributed by atoms with Crippen molar-refractivity contribution in [3.05, 3.63) is 23.8 Å². The smallest absolute Gasteiger partial charge is 0.416 e. The molecule has 0 fully saturated rings.